The maximum absolute atomic E-state index is 11.7. The fourth-order valence-corrected chi connectivity index (χ4v) is 3.56. The van der Waals surface area contributed by atoms with Crippen LogP contribution in [-0.4, -0.2) is 27.1 Å². The zero-order valence-electron chi connectivity index (χ0n) is 17.4. The fraction of sp³-hybridized carbons (Fsp3) is 0.200. The highest BCUT2D eigenvalue weighted by Gasteiger charge is 2.14. The van der Waals surface area contributed by atoms with Gasteiger partial charge >= 0.3 is 5.97 Å². The molecule has 0 saturated heterocycles. The van der Waals surface area contributed by atoms with E-state index in [0.717, 1.165) is 34.3 Å². The van der Waals surface area contributed by atoms with E-state index < -0.39 is 5.97 Å². The molecule has 0 aliphatic rings. The van der Waals surface area contributed by atoms with Gasteiger partial charge in [0.15, 0.2) is 0 Å². The molecule has 0 radical (unpaired) electrons. The van der Waals surface area contributed by atoms with E-state index in [-0.39, 0.29) is 5.56 Å². The number of hydrogen-bond acceptors (Lipinski definition) is 3. The van der Waals surface area contributed by atoms with Crippen molar-refractivity contribution in [3.63, 3.8) is 0 Å². The topological polar surface area (TPSA) is 78.0 Å². The van der Waals surface area contributed by atoms with Crippen molar-refractivity contribution in [3.8, 4) is 22.3 Å². The van der Waals surface area contributed by atoms with Crippen molar-refractivity contribution in [3.05, 3.63) is 77.6 Å². The highest BCUT2D eigenvalue weighted by atomic mass is 16.4. The summed E-state index contributed by atoms with van der Waals surface area (Å²) in [6, 6.07) is 20.9. The molecule has 0 amide bonds. The summed E-state index contributed by atoms with van der Waals surface area (Å²) < 4.78 is 0. The number of hydrogen-bond donors (Lipinski definition) is 3. The van der Waals surface area contributed by atoms with E-state index >= 15 is 0 Å². The SMILES string of the molecule is Cc1nc2c(C(=O)O)cc(-c3ccc(-c4ccc(CNC(C)C)cc4)cc3)cc2[nH]1. The summed E-state index contributed by atoms with van der Waals surface area (Å²) in [6.45, 7) is 6.96. The number of benzene rings is 3. The highest BCUT2D eigenvalue weighted by molar-refractivity contribution is 6.03. The largest absolute Gasteiger partial charge is 0.478 e. The predicted octanol–water partition coefficient (Wildman–Crippen LogP) is 5.40. The molecule has 0 bridgehead atoms. The van der Waals surface area contributed by atoms with Crippen molar-refractivity contribution in [2.24, 2.45) is 0 Å². The van der Waals surface area contributed by atoms with Crippen LogP contribution in [0.25, 0.3) is 33.3 Å². The van der Waals surface area contributed by atoms with Gasteiger partial charge in [-0.05, 0) is 46.9 Å². The van der Waals surface area contributed by atoms with E-state index in [0.29, 0.717) is 17.4 Å². The molecule has 1 heterocycles. The first-order chi connectivity index (χ1) is 14.4. The number of aromatic nitrogens is 2. The molecular formula is C25H25N3O2. The van der Waals surface area contributed by atoms with Gasteiger partial charge in [-0.25, -0.2) is 9.78 Å². The van der Waals surface area contributed by atoms with E-state index in [1.165, 1.54) is 5.56 Å². The van der Waals surface area contributed by atoms with Gasteiger partial charge in [-0.15, -0.1) is 0 Å². The molecule has 3 aromatic carbocycles. The lowest BCUT2D eigenvalue weighted by Crippen LogP contribution is -2.21. The van der Waals surface area contributed by atoms with Gasteiger partial charge in [0.25, 0.3) is 0 Å². The lowest BCUT2D eigenvalue weighted by Gasteiger charge is -2.09. The molecule has 0 spiro atoms. The number of H-pyrrole nitrogens is 1. The molecule has 0 fully saturated rings. The Morgan fingerprint density at radius 2 is 1.53 bits per heavy atom. The molecule has 0 aliphatic heterocycles. The van der Waals surface area contributed by atoms with Crippen LogP contribution < -0.4 is 5.32 Å². The third-order valence-corrected chi connectivity index (χ3v) is 5.16. The Labute approximate surface area is 175 Å². The number of aromatic carboxylic acids is 1. The second-order valence-corrected chi connectivity index (χ2v) is 7.86. The molecule has 0 aliphatic carbocycles. The van der Waals surface area contributed by atoms with Crippen LogP contribution in [-0.2, 0) is 6.54 Å². The average Bonchev–Trinajstić information content (AvgIpc) is 3.12. The second kappa shape index (κ2) is 8.13. The zero-order chi connectivity index (χ0) is 21.3. The Morgan fingerprint density at radius 3 is 2.10 bits per heavy atom. The van der Waals surface area contributed by atoms with E-state index in [4.69, 9.17) is 0 Å². The Bertz CT molecular complexity index is 1190. The lowest BCUT2D eigenvalue weighted by atomic mass is 9.98. The molecule has 0 saturated carbocycles. The minimum Gasteiger partial charge on any atom is -0.478 e. The molecule has 0 unspecified atom stereocenters. The standard InChI is InChI=1S/C25H25N3O2/c1-15(2)26-14-17-4-6-18(7-5-17)19-8-10-20(11-9-19)21-12-22(25(29)30)24-23(13-21)27-16(3)28-24/h4-13,15,26H,14H2,1-3H3,(H,27,28)(H,29,30). The van der Waals surface area contributed by atoms with Crippen molar-refractivity contribution in [1.82, 2.24) is 15.3 Å². The molecule has 5 heteroatoms. The van der Waals surface area contributed by atoms with Crippen molar-refractivity contribution in [2.45, 2.75) is 33.4 Å². The van der Waals surface area contributed by atoms with Gasteiger partial charge < -0.3 is 15.4 Å². The van der Waals surface area contributed by atoms with Crippen LogP contribution in [0.15, 0.2) is 60.7 Å². The number of carbonyl (C=O) groups is 1. The van der Waals surface area contributed by atoms with Gasteiger partial charge in [-0.2, -0.15) is 0 Å². The van der Waals surface area contributed by atoms with Crippen LogP contribution >= 0.6 is 0 Å². The molecule has 4 aromatic rings. The Morgan fingerprint density at radius 1 is 0.967 bits per heavy atom. The molecule has 4 rings (SSSR count). The number of rotatable bonds is 6. The number of carboxylic acid groups (broad SMARTS) is 1. The number of fused-ring (bicyclic) bond motifs is 1. The molecule has 3 N–H and O–H groups in total. The summed E-state index contributed by atoms with van der Waals surface area (Å²) >= 11 is 0. The van der Waals surface area contributed by atoms with Crippen LogP contribution in [0, 0.1) is 6.92 Å². The van der Waals surface area contributed by atoms with Crippen LogP contribution in [0.2, 0.25) is 0 Å². The maximum Gasteiger partial charge on any atom is 0.337 e. The van der Waals surface area contributed by atoms with Crippen LogP contribution in [0.3, 0.4) is 0 Å². The van der Waals surface area contributed by atoms with E-state index in [9.17, 15) is 9.90 Å². The average molecular weight is 399 g/mol. The van der Waals surface area contributed by atoms with Crippen LogP contribution in [0.5, 0.6) is 0 Å². The highest BCUT2D eigenvalue weighted by Crippen LogP contribution is 2.29. The normalized spacial score (nSPS) is 11.3. The Balaban J connectivity index is 1.61. The molecule has 1 aromatic heterocycles. The molecule has 5 nitrogen and oxygen atoms in total. The fourth-order valence-electron chi connectivity index (χ4n) is 3.56. The third kappa shape index (κ3) is 4.11. The van der Waals surface area contributed by atoms with E-state index in [2.05, 4.69) is 65.5 Å². The minimum atomic E-state index is -0.975. The first-order valence-electron chi connectivity index (χ1n) is 10.1. The first-order valence-corrected chi connectivity index (χ1v) is 10.1. The molecule has 152 valence electrons. The van der Waals surface area contributed by atoms with Crippen molar-refractivity contribution < 1.29 is 9.90 Å². The van der Waals surface area contributed by atoms with E-state index in [1.54, 1.807) is 6.07 Å². The monoisotopic (exact) mass is 399 g/mol. The van der Waals surface area contributed by atoms with Crippen molar-refractivity contribution >= 4 is 17.0 Å². The number of imidazole rings is 1. The van der Waals surface area contributed by atoms with Gasteiger partial charge in [0.05, 0.1) is 11.1 Å². The summed E-state index contributed by atoms with van der Waals surface area (Å²) in [5.74, 6) is -0.274. The molecular weight excluding hydrogens is 374 g/mol. The number of nitrogens with zero attached hydrogens (tertiary/aromatic N) is 1. The Kier molecular flexibility index (Phi) is 5.38. The summed E-state index contributed by atoms with van der Waals surface area (Å²) in [7, 11) is 0. The maximum atomic E-state index is 11.7. The quantitative estimate of drug-likeness (QED) is 0.406. The van der Waals surface area contributed by atoms with Gasteiger partial charge in [0.2, 0.25) is 0 Å². The van der Waals surface area contributed by atoms with Crippen LogP contribution in [0.1, 0.15) is 35.6 Å². The number of aromatic amines is 1. The van der Waals surface area contributed by atoms with Crippen molar-refractivity contribution in [1.29, 1.82) is 0 Å². The first kappa shape index (κ1) is 19.9. The Hall–Kier alpha value is -3.44. The summed E-state index contributed by atoms with van der Waals surface area (Å²) in [5.41, 5.74) is 6.79. The van der Waals surface area contributed by atoms with Crippen LogP contribution in [0.4, 0.5) is 0 Å². The van der Waals surface area contributed by atoms with Gasteiger partial charge in [-0.3, -0.25) is 0 Å². The summed E-state index contributed by atoms with van der Waals surface area (Å²) in [4.78, 5) is 19.2. The predicted molar refractivity (Wildman–Crippen MR) is 121 cm³/mol. The number of nitrogens with one attached hydrogen (secondary N) is 2. The number of aryl methyl sites for hydroxylation is 1. The van der Waals surface area contributed by atoms with E-state index in [1.807, 2.05) is 25.1 Å². The molecule has 0 atom stereocenters. The van der Waals surface area contributed by atoms with Gasteiger partial charge in [0.1, 0.15) is 11.3 Å². The van der Waals surface area contributed by atoms with Gasteiger partial charge in [-0.1, -0.05) is 62.4 Å². The molecule has 30 heavy (non-hydrogen) atoms. The zero-order valence-corrected chi connectivity index (χ0v) is 17.4. The van der Waals surface area contributed by atoms with Crippen molar-refractivity contribution in [2.75, 3.05) is 0 Å². The smallest absolute Gasteiger partial charge is 0.337 e. The number of carboxylic acids is 1. The summed E-state index contributed by atoms with van der Waals surface area (Å²) in [5, 5.41) is 13.0. The minimum absolute atomic E-state index is 0.210. The third-order valence-electron chi connectivity index (χ3n) is 5.16. The second-order valence-electron chi connectivity index (χ2n) is 7.86. The lowest BCUT2D eigenvalue weighted by molar-refractivity contribution is 0.0699. The summed E-state index contributed by atoms with van der Waals surface area (Å²) in [6.07, 6.45) is 0. The van der Waals surface area contributed by atoms with Gasteiger partial charge in [0, 0.05) is 12.6 Å².